The summed E-state index contributed by atoms with van der Waals surface area (Å²) < 4.78 is 7.72. The SMILES string of the molecule is CCCn1c(N2CCC(C(=O)NCCCN3CCOCC3)CC2)nc2ccccc21. The quantitative estimate of drug-likeness (QED) is 0.674. The van der Waals surface area contributed by atoms with Crippen molar-refractivity contribution in [2.75, 3.05) is 57.4 Å². The van der Waals surface area contributed by atoms with Gasteiger partial charge in [-0.2, -0.15) is 0 Å². The standard InChI is InChI=1S/C23H35N5O2/c1-2-11-28-21-7-4-3-6-20(21)25-23(28)27-13-8-19(9-14-27)22(29)24-10-5-12-26-15-17-30-18-16-26/h3-4,6-7,19H,2,5,8-18H2,1H3,(H,24,29). The zero-order chi connectivity index (χ0) is 20.8. The smallest absolute Gasteiger partial charge is 0.223 e. The number of anilines is 1. The summed E-state index contributed by atoms with van der Waals surface area (Å²) in [7, 11) is 0. The second kappa shape index (κ2) is 10.3. The molecule has 164 valence electrons. The van der Waals surface area contributed by atoms with E-state index < -0.39 is 0 Å². The lowest BCUT2D eigenvalue weighted by atomic mass is 9.96. The molecule has 0 atom stereocenters. The molecule has 0 bridgehead atoms. The van der Waals surface area contributed by atoms with E-state index in [2.05, 4.69) is 44.8 Å². The number of aromatic nitrogens is 2. The molecule has 3 heterocycles. The maximum atomic E-state index is 12.6. The third kappa shape index (κ3) is 4.95. The van der Waals surface area contributed by atoms with Crippen LogP contribution in [0.4, 0.5) is 5.95 Å². The molecule has 2 aliphatic heterocycles. The van der Waals surface area contributed by atoms with Crippen molar-refractivity contribution < 1.29 is 9.53 Å². The van der Waals surface area contributed by atoms with Gasteiger partial charge in [0.2, 0.25) is 11.9 Å². The van der Waals surface area contributed by atoms with Crippen molar-refractivity contribution in [3.05, 3.63) is 24.3 Å². The minimum atomic E-state index is 0.119. The molecule has 2 saturated heterocycles. The minimum absolute atomic E-state index is 0.119. The zero-order valence-corrected chi connectivity index (χ0v) is 18.2. The first-order valence-corrected chi connectivity index (χ1v) is 11.5. The summed E-state index contributed by atoms with van der Waals surface area (Å²) in [6, 6.07) is 8.36. The van der Waals surface area contributed by atoms with E-state index in [1.165, 1.54) is 5.52 Å². The van der Waals surface area contributed by atoms with Crippen LogP contribution in [0.2, 0.25) is 0 Å². The third-order valence-corrected chi connectivity index (χ3v) is 6.28. The molecule has 1 aromatic heterocycles. The van der Waals surface area contributed by atoms with Crippen LogP contribution in [0.25, 0.3) is 11.0 Å². The molecule has 2 aliphatic rings. The zero-order valence-electron chi connectivity index (χ0n) is 18.2. The Morgan fingerprint density at radius 3 is 2.67 bits per heavy atom. The van der Waals surface area contributed by atoms with E-state index in [1.807, 2.05) is 6.07 Å². The van der Waals surface area contributed by atoms with E-state index in [4.69, 9.17) is 9.72 Å². The van der Waals surface area contributed by atoms with Crippen molar-refractivity contribution in [1.29, 1.82) is 0 Å². The molecule has 0 aliphatic carbocycles. The van der Waals surface area contributed by atoms with Gasteiger partial charge in [0.25, 0.3) is 0 Å². The number of carbonyl (C=O) groups is 1. The van der Waals surface area contributed by atoms with Crippen molar-refractivity contribution >= 4 is 22.9 Å². The van der Waals surface area contributed by atoms with Crippen LogP contribution in [-0.4, -0.2) is 72.8 Å². The van der Waals surface area contributed by atoms with Gasteiger partial charge in [-0.3, -0.25) is 9.69 Å². The van der Waals surface area contributed by atoms with Crippen molar-refractivity contribution in [2.24, 2.45) is 5.92 Å². The fourth-order valence-electron chi connectivity index (χ4n) is 4.57. The number of imidazole rings is 1. The van der Waals surface area contributed by atoms with Gasteiger partial charge >= 0.3 is 0 Å². The Morgan fingerprint density at radius 2 is 1.90 bits per heavy atom. The molecule has 1 N–H and O–H groups in total. The Bertz CT molecular complexity index is 822. The highest BCUT2D eigenvalue weighted by molar-refractivity contribution is 5.80. The van der Waals surface area contributed by atoms with E-state index in [-0.39, 0.29) is 11.8 Å². The van der Waals surface area contributed by atoms with Gasteiger partial charge in [-0.1, -0.05) is 19.1 Å². The Hall–Kier alpha value is -2.12. The number of piperidine rings is 1. The highest BCUT2D eigenvalue weighted by atomic mass is 16.5. The van der Waals surface area contributed by atoms with Crippen LogP contribution in [0.3, 0.4) is 0 Å². The van der Waals surface area contributed by atoms with Crippen molar-refractivity contribution in [3.63, 3.8) is 0 Å². The molecule has 7 heteroatoms. The van der Waals surface area contributed by atoms with E-state index in [0.29, 0.717) is 0 Å². The van der Waals surface area contributed by atoms with E-state index in [9.17, 15) is 4.79 Å². The monoisotopic (exact) mass is 413 g/mol. The summed E-state index contributed by atoms with van der Waals surface area (Å²) in [5.41, 5.74) is 2.26. The number of nitrogens with one attached hydrogen (secondary N) is 1. The molecule has 30 heavy (non-hydrogen) atoms. The Morgan fingerprint density at radius 1 is 1.13 bits per heavy atom. The minimum Gasteiger partial charge on any atom is -0.379 e. The van der Waals surface area contributed by atoms with Crippen LogP contribution >= 0.6 is 0 Å². The number of benzene rings is 1. The number of ether oxygens (including phenoxy) is 1. The number of hydrogen-bond donors (Lipinski definition) is 1. The molecule has 2 fully saturated rings. The molecule has 0 saturated carbocycles. The number of carbonyl (C=O) groups excluding carboxylic acids is 1. The van der Waals surface area contributed by atoms with Gasteiger partial charge in [-0.25, -0.2) is 4.98 Å². The summed E-state index contributed by atoms with van der Waals surface area (Å²) in [4.78, 5) is 22.3. The maximum absolute atomic E-state index is 12.6. The first-order chi connectivity index (χ1) is 14.8. The number of para-hydroxylation sites is 2. The summed E-state index contributed by atoms with van der Waals surface area (Å²) in [6.45, 7) is 10.4. The predicted molar refractivity (Wildman–Crippen MR) is 120 cm³/mol. The predicted octanol–water partition coefficient (Wildman–Crippen LogP) is 2.50. The third-order valence-electron chi connectivity index (χ3n) is 6.28. The number of aryl methyl sites for hydroxylation is 1. The fraction of sp³-hybridized carbons (Fsp3) is 0.652. The summed E-state index contributed by atoms with van der Waals surface area (Å²) in [5, 5.41) is 3.16. The van der Waals surface area contributed by atoms with Crippen LogP contribution < -0.4 is 10.2 Å². The fourth-order valence-corrected chi connectivity index (χ4v) is 4.57. The molecular formula is C23H35N5O2. The highest BCUT2D eigenvalue weighted by Gasteiger charge is 2.27. The van der Waals surface area contributed by atoms with Crippen LogP contribution in [0.15, 0.2) is 24.3 Å². The molecule has 7 nitrogen and oxygen atoms in total. The van der Waals surface area contributed by atoms with Crippen LogP contribution in [0.5, 0.6) is 0 Å². The number of amides is 1. The largest absolute Gasteiger partial charge is 0.379 e. The second-order valence-corrected chi connectivity index (χ2v) is 8.41. The molecular weight excluding hydrogens is 378 g/mol. The average Bonchev–Trinajstić information content (AvgIpc) is 3.16. The van der Waals surface area contributed by atoms with Crippen LogP contribution in [-0.2, 0) is 16.1 Å². The number of morpholine rings is 1. The molecule has 0 spiro atoms. The first kappa shape index (κ1) is 21.1. The first-order valence-electron chi connectivity index (χ1n) is 11.5. The lowest BCUT2D eigenvalue weighted by molar-refractivity contribution is -0.125. The number of fused-ring (bicyclic) bond motifs is 1. The second-order valence-electron chi connectivity index (χ2n) is 8.41. The number of nitrogens with zero attached hydrogens (tertiary/aromatic N) is 4. The Balaban J connectivity index is 1.26. The lowest BCUT2D eigenvalue weighted by Crippen LogP contribution is -2.42. The Labute approximate surface area is 179 Å². The number of hydrogen-bond acceptors (Lipinski definition) is 5. The molecule has 0 unspecified atom stereocenters. The molecule has 0 radical (unpaired) electrons. The molecule has 4 rings (SSSR count). The van der Waals surface area contributed by atoms with Gasteiger partial charge < -0.3 is 19.5 Å². The van der Waals surface area contributed by atoms with E-state index >= 15 is 0 Å². The summed E-state index contributed by atoms with van der Waals surface area (Å²) >= 11 is 0. The lowest BCUT2D eigenvalue weighted by Gasteiger charge is -2.32. The van der Waals surface area contributed by atoms with Crippen LogP contribution in [0, 0.1) is 5.92 Å². The van der Waals surface area contributed by atoms with Gasteiger partial charge in [0, 0.05) is 45.2 Å². The normalized spacial score (nSPS) is 18.8. The molecule has 1 amide bonds. The summed E-state index contributed by atoms with van der Waals surface area (Å²) in [6.07, 6.45) is 3.87. The van der Waals surface area contributed by atoms with E-state index in [0.717, 1.165) is 96.2 Å². The van der Waals surface area contributed by atoms with Gasteiger partial charge in [-0.05, 0) is 44.4 Å². The van der Waals surface area contributed by atoms with E-state index in [1.54, 1.807) is 0 Å². The molecule has 2 aromatic rings. The van der Waals surface area contributed by atoms with Crippen molar-refractivity contribution in [3.8, 4) is 0 Å². The van der Waals surface area contributed by atoms with Crippen LogP contribution in [0.1, 0.15) is 32.6 Å². The maximum Gasteiger partial charge on any atom is 0.223 e. The average molecular weight is 414 g/mol. The van der Waals surface area contributed by atoms with Crippen molar-refractivity contribution in [1.82, 2.24) is 19.8 Å². The molecule has 1 aromatic carbocycles. The summed E-state index contributed by atoms with van der Waals surface area (Å²) in [5.74, 6) is 1.40. The van der Waals surface area contributed by atoms with Crippen molar-refractivity contribution in [2.45, 2.75) is 39.2 Å². The highest BCUT2D eigenvalue weighted by Crippen LogP contribution is 2.27. The Kier molecular flexibility index (Phi) is 7.23. The van der Waals surface area contributed by atoms with Gasteiger partial charge in [0.1, 0.15) is 0 Å². The topological polar surface area (TPSA) is 62.6 Å². The van der Waals surface area contributed by atoms with Gasteiger partial charge in [-0.15, -0.1) is 0 Å². The van der Waals surface area contributed by atoms with Gasteiger partial charge in [0.05, 0.1) is 24.2 Å². The van der Waals surface area contributed by atoms with Gasteiger partial charge in [0.15, 0.2) is 0 Å². The number of rotatable bonds is 8.